The van der Waals surface area contributed by atoms with Crippen LogP contribution in [-0.4, -0.2) is 29.3 Å². The molecule has 1 aromatic heterocycles. The van der Waals surface area contributed by atoms with Crippen LogP contribution in [0.4, 0.5) is 5.95 Å². The fraction of sp³-hybridized carbons (Fsp3) is 0.417. The van der Waals surface area contributed by atoms with Gasteiger partial charge in [-0.05, 0) is 12.8 Å². The summed E-state index contributed by atoms with van der Waals surface area (Å²) in [6.45, 7) is 2.11. The van der Waals surface area contributed by atoms with Crippen molar-refractivity contribution in [2.24, 2.45) is 0 Å². The third-order valence-corrected chi connectivity index (χ3v) is 2.59. The molecule has 0 unspecified atom stereocenters. The summed E-state index contributed by atoms with van der Waals surface area (Å²) in [4.78, 5) is 21.0. The van der Waals surface area contributed by atoms with Crippen molar-refractivity contribution in [2.75, 3.05) is 18.0 Å². The molecular formula is C12H15N3O. The molecule has 16 heavy (non-hydrogen) atoms. The number of aldehydes is 1. The highest BCUT2D eigenvalue weighted by Crippen LogP contribution is 2.14. The summed E-state index contributed by atoms with van der Waals surface area (Å²) in [5.41, 5.74) is 0.935. The first-order valence-electron chi connectivity index (χ1n) is 5.57. The molecule has 0 aromatic carbocycles. The van der Waals surface area contributed by atoms with Gasteiger partial charge in [0.05, 0.1) is 0 Å². The van der Waals surface area contributed by atoms with Gasteiger partial charge in [0.2, 0.25) is 5.95 Å². The van der Waals surface area contributed by atoms with E-state index < -0.39 is 0 Å². The van der Waals surface area contributed by atoms with Gasteiger partial charge in [-0.2, -0.15) is 0 Å². The van der Waals surface area contributed by atoms with Gasteiger partial charge < -0.3 is 9.69 Å². The van der Waals surface area contributed by atoms with Crippen LogP contribution in [0.3, 0.4) is 0 Å². The Morgan fingerprint density at radius 3 is 2.56 bits per heavy atom. The topological polar surface area (TPSA) is 46.1 Å². The van der Waals surface area contributed by atoms with Crippen LogP contribution in [-0.2, 0) is 4.79 Å². The van der Waals surface area contributed by atoms with Crippen LogP contribution in [0.15, 0.2) is 18.5 Å². The van der Waals surface area contributed by atoms with Crippen LogP contribution < -0.4 is 4.90 Å². The molecule has 0 amide bonds. The van der Waals surface area contributed by atoms with Crippen LogP contribution in [0.2, 0.25) is 0 Å². The highest BCUT2D eigenvalue weighted by atomic mass is 16.1. The Morgan fingerprint density at radius 2 is 1.94 bits per heavy atom. The normalized spacial score (nSPS) is 15.9. The molecule has 0 atom stereocenters. The zero-order chi connectivity index (χ0) is 11.2. The Hall–Kier alpha value is -1.71. The summed E-state index contributed by atoms with van der Waals surface area (Å²) in [5.74, 6) is 0.810. The quantitative estimate of drug-likeness (QED) is 0.720. The largest absolute Gasteiger partial charge is 0.341 e. The van der Waals surface area contributed by atoms with Crippen LogP contribution >= 0.6 is 0 Å². The minimum Gasteiger partial charge on any atom is -0.341 e. The lowest BCUT2D eigenvalue weighted by atomic mass is 10.3. The molecule has 1 aliphatic heterocycles. The van der Waals surface area contributed by atoms with Gasteiger partial charge in [-0.3, -0.25) is 0 Å². The lowest BCUT2D eigenvalue weighted by Gasteiger charge is -2.14. The molecule has 84 valence electrons. The summed E-state index contributed by atoms with van der Waals surface area (Å²) in [5, 5.41) is 0. The first-order valence-corrected chi connectivity index (χ1v) is 5.57. The number of carbonyl (C=O) groups is 1. The molecule has 0 radical (unpaired) electrons. The molecule has 0 spiro atoms. The van der Waals surface area contributed by atoms with Gasteiger partial charge in [-0.15, -0.1) is 0 Å². The molecule has 1 aromatic rings. The lowest BCUT2D eigenvalue weighted by Crippen LogP contribution is -2.20. The summed E-state index contributed by atoms with van der Waals surface area (Å²) >= 11 is 0. The highest BCUT2D eigenvalue weighted by Gasteiger charge is 2.13. The van der Waals surface area contributed by atoms with E-state index in [9.17, 15) is 4.79 Å². The molecule has 1 aliphatic rings. The third kappa shape index (κ3) is 2.66. The second kappa shape index (κ2) is 5.39. The van der Waals surface area contributed by atoms with E-state index in [4.69, 9.17) is 0 Å². The molecule has 0 saturated carbocycles. The summed E-state index contributed by atoms with van der Waals surface area (Å²) < 4.78 is 0. The third-order valence-electron chi connectivity index (χ3n) is 2.59. The maximum absolute atomic E-state index is 10.1. The van der Waals surface area contributed by atoms with Crippen LogP contribution in [0, 0.1) is 0 Å². The predicted octanol–water partition coefficient (Wildman–Crippen LogP) is 1.68. The summed E-state index contributed by atoms with van der Waals surface area (Å²) in [6.07, 6.45) is 11.0. The monoisotopic (exact) mass is 217 g/mol. The highest BCUT2D eigenvalue weighted by molar-refractivity contribution is 5.57. The smallest absolute Gasteiger partial charge is 0.225 e. The van der Waals surface area contributed by atoms with Gasteiger partial charge >= 0.3 is 0 Å². The second-order valence-corrected chi connectivity index (χ2v) is 3.82. The minimum absolute atomic E-state index is 0.438. The van der Waals surface area contributed by atoms with Crippen molar-refractivity contribution in [3.63, 3.8) is 0 Å². The van der Waals surface area contributed by atoms with Crippen molar-refractivity contribution in [1.82, 2.24) is 9.97 Å². The molecule has 1 saturated heterocycles. The van der Waals surface area contributed by atoms with Crippen molar-refractivity contribution < 1.29 is 4.79 Å². The number of rotatable bonds is 4. The number of aromatic nitrogens is 2. The maximum atomic E-state index is 10.1. The first kappa shape index (κ1) is 10.8. The number of hydrogen-bond acceptors (Lipinski definition) is 4. The maximum Gasteiger partial charge on any atom is 0.225 e. The van der Waals surface area contributed by atoms with Gasteiger partial charge in [-0.25, -0.2) is 9.97 Å². The van der Waals surface area contributed by atoms with E-state index in [0.29, 0.717) is 6.42 Å². The lowest BCUT2D eigenvalue weighted by molar-refractivity contribution is -0.107. The molecule has 0 N–H and O–H groups in total. The van der Waals surface area contributed by atoms with Crippen molar-refractivity contribution in [3.8, 4) is 0 Å². The van der Waals surface area contributed by atoms with Crippen LogP contribution in [0.25, 0.3) is 6.08 Å². The molecule has 4 heteroatoms. The van der Waals surface area contributed by atoms with Gasteiger partial charge in [0.25, 0.3) is 0 Å². The number of nitrogens with zero attached hydrogens (tertiary/aromatic N) is 3. The molecule has 1 fully saturated rings. The Bertz CT molecular complexity index is 366. The van der Waals surface area contributed by atoms with E-state index in [1.807, 2.05) is 6.08 Å². The van der Waals surface area contributed by atoms with Gasteiger partial charge in [0.15, 0.2) is 0 Å². The minimum atomic E-state index is 0.438. The number of hydrogen-bond donors (Lipinski definition) is 0. The molecule has 2 heterocycles. The van der Waals surface area contributed by atoms with Gasteiger partial charge in [0, 0.05) is 37.5 Å². The van der Waals surface area contributed by atoms with E-state index in [0.717, 1.165) is 30.9 Å². The van der Waals surface area contributed by atoms with E-state index in [2.05, 4.69) is 14.9 Å². The Morgan fingerprint density at radius 1 is 1.25 bits per heavy atom. The van der Waals surface area contributed by atoms with E-state index >= 15 is 0 Å². The first-order chi connectivity index (χ1) is 7.90. The van der Waals surface area contributed by atoms with E-state index in [1.165, 1.54) is 12.8 Å². The summed E-state index contributed by atoms with van der Waals surface area (Å²) in [6, 6.07) is 0. The van der Waals surface area contributed by atoms with E-state index in [-0.39, 0.29) is 0 Å². The van der Waals surface area contributed by atoms with E-state index in [1.54, 1.807) is 18.5 Å². The fourth-order valence-corrected chi connectivity index (χ4v) is 1.76. The second-order valence-electron chi connectivity index (χ2n) is 3.82. The molecule has 4 nitrogen and oxygen atoms in total. The molecule has 0 aliphatic carbocycles. The fourth-order valence-electron chi connectivity index (χ4n) is 1.76. The molecule has 2 rings (SSSR count). The zero-order valence-corrected chi connectivity index (χ0v) is 9.17. The van der Waals surface area contributed by atoms with Gasteiger partial charge in [0.1, 0.15) is 6.29 Å². The van der Waals surface area contributed by atoms with Crippen molar-refractivity contribution >= 4 is 18.3 Å². The van der Waals surface area contributed by atoms with Crippen molar-refractivity contribution in [3.05, 3.63) is 24.0 Å². The Balaban J connectivity index is 2.01. The molecule has 0 bridgehead atoms. The zero-order valence-electron chi connectivity index (χ0n) is 9.17. The van der Waals surface area contributed by atoms with Crippen molar-refractivity contribution in [1.29, 1.82) is 0 Å². The number of allylic oxidation sites excluding steroid dienone is 1. The Labute approximate surface area is 95.0 Å². The summed E-state index contributed by atoms with van der Waals surface area (Å²) in [7, 11) is 0. The standard InChI is InChI=1S/C12H15N3O/c16-8-4-1-5-11-9-13-12(14-10-11)15-6-2-3-7-15/h1,5,8-10H,2-4,6-7H2. The van der Waals surface area contributed by atoms with Crippen molar-refractivity contribution in [2.45, 2.75) is 19.3 Å². The van der Waals surface area contributed by atoms with Gasteiger partial charge in [-0.1, -0.05) is 12.2 Å². The predicted molar refractivity (Wildman–Crippen MR) is 63.2 cm³/mol. The average molecular weight is 217 g/mol. The Kier molecular flexibility index (Phi) is 3.64. The SMILES string of the molecule is O=CCC=Cc1cnc(N2CCCC2)nc1. The van der Waals surface area contributed by atoms with Crippen LogP contribution in [0.1, 0.15) is 24.8 Å². The van der Waals surface area contributed by atoms with Crippen LogP contribution in [0.5, 0.6) is 0 Å². The number of carbonyl (C=O) groups excluding carboxylic acids is 1. The number of anilines is 1. The average Bonchev–Trinajstić information content (AvgIpc) is 2.84. The molecular weight excluding hydrogens is 202 g/mol.